The van der Waals surface area contributed by atoms with Crippen LogP contribution in [0.1, 0.15) is 13.8 Å². The molecule has 0 radical (unpaired) electrons. The highest BCUT2D eigenvalue weighted by atomic mass is 16.6. The van der Waals surface area contributed by atoms with Crippen LogP contribution in [0.25, 0.3) is 0 Å². The molecule has 0 fully saturated rings. The monoisotopic (exact) mass is 248 g/mol. The molecule has 2 aromatic rings. The third-order valence-corrected chi connectivity index (χ3v) is 1.35. The van der Waals surface area contributed by atoms with Gasteiger partial charge in [0, 0.05) is 38.6 Å². The summed E-state index contributed by atoms with van der Waals surface area (Å²) in [5.74, 6) is -1.12. The maximum absolute atomic E-state index is 9.81. The first-order valence-corrected chi connectivity index (χ1v) is 5.24. The first kappa shape index (κ1) is 15.6. The van der Waals surface area contributed by atoms with E-state index < -0.39 is 11.9 Å². The number of rotatable bonds is 0. The van der Waals surface area contributed by atoms with Gasteiger partial charge in [0.1, 0.15) is 0 Å². The summed E-state index contributed by atoms with van der Waals surface area (Å²) in [6, 6.07) is 9.60. The summed E-state index contributed by atoms with van der Waals surface area (Å²) >= 11 is 0. The van der Waals surface area contributed by atoms with E-state index >= 15 is 0 Å². The van der Waals surface area contributed by atoms with Gasteiger partial charge in [0.05, 0.1) is 0 Å². The van der Waals surface area contributed by atoms with E-state index in [0.29, 0.717) is 0 Å². The van der Waals surface area contributed by atoms with Gasteiger partial charge in [-0.25, -0.2) is 0 Å². The zero-order valence-corrected chi connectivity index (χ0v) is 10.4. The molecule has 5 heteroatoms. The summed E-state index contributed by atoms with van der Waals surface area (Å²) in [6.45, 7) is 2.36. The fourth-order valence-electron chi connectivity index (χ4n) is 0.793. The first-order valence-electron chi connectivity index (χ1n) is 5.24. The smallest absolute Gasteiger partial charge is 0.310 e. The molecule has 0 saturated heterocycles. The van der Waals surface area contributed by atoms with E-state index in [1.54, 1.807) is 12.4 Å². The number of hydrogen-bond donors (Lipinski definition) is 1. The Morgan fingerprint density at radius 3 is 1.50 bits per heavy atom. The number of ether oxygens (including phenoxy) is 1. The van der Waals surface area contributed by atoms with Crippen LogP contribution in [-0.4, -0.2) is 21.9 Å². The van der Waals surface area contributed by atoms with E-state index in [9.17, 15) is 9.59 Å². The van der Waals surface area contributed by atoms with Gasteiger partial charge < -0.3 is 9.72 Å². The van der Waals surface area contributed by atoms with E-state index in [4.69, 9.17) is 0 Å². The first-order chi connectivity index (χ1) is 8.63. The summed E-state index contributed by atoms with van der Waals surface area (Å²) in [5.41, 5.74) is 0. The molecule has 0 amide bonds. The molecule has 0 aliphatic rings. The lowest BCUT2D eigenvalue weighted by molar-refractivity contribution is -0.156. The number of carbonyl (C=O) groups excluding carboxylic acids is 2. The van der Waals surface area contributed by atoms with Crippen LogP contribution in [0.15, 0.2) is 55.1 Å². The summed E-state index contributed by atoms with van der Waals surface area (Å²) < 4.78 is 3.97. The topological polar surface area (TPSA) is 72.1 Å². The van der Waals surface area contributed by atoms with Gasteiger partial charge in [0.25, 0.3) is 0 Å². The molecule has 2 heterocycles. The minimum Gasteiger partial charge on any atom is -0.394 e. The second-order valence-electron chi connectivity index (χ2n) is 2.99. The van der Waals surface area contributed by atoms with Crippen molar-refractivity contribution in [2.75, 3.05) is 0 Å². The fourth-order valence-corrected chi connectivity index (χ4v) is 0.793. The molecule has 0 atom stereocenters. The Balaban J connectivity index is 0.000000243. The molecule has 0 bridgehead atoms. The lowest BCUT2D eigenvalue weighted by Gasteiger charge is -1.87. The number of carbonyl (C=O) groups is 2. The zero-order valence-electron chi connectivity index (χ0n) is 10.4. The van der Waals surface area contributed by atoms with E-state index in [-0.39, 0.29) is 0 Å². The standard InChI is InChI=1S/C5H5N.C4H5N.C4H6O3/c1-2-4-6-5-3-1;1-2-4-5-3-1;1-3(5)7-4(2)6/h1-5H;1-5H;1-2H3. The highest BCUT2D eigenvalue weighted by molar-refractivity contribution is 5.82. The van der Waals surface area contributed by atoms with Crippen LogP contribution < -0.4 is 0 Å². The number of aromatic amines is 1. The van der Waals surface area contributed by atoms with E-state index in [0.717, 1.165) is 0 Å². The van der Waals surface area contributed by atoms with Gasteiger partial charge in [-0.2, -0.15) is 0 Å². The Labute approximate surface area is 106 Å². The minimum atomic E-state index is -0.562. The van der Waals surface area contributed by atoms with Gasteiger partial charge in [-0.05, 0) is 24.3 Å². The fraction of sp³-hybridized carbons (Fsp3) is 0.154. The normalized spacial score (nSPS) is 7.89. The molecule has 2 aromatic heterocycles. The number of nitrogens with one attached hydrogen (secondary N) is 1. The molecule has 0 unspecified atom stereocenters. The second-order valence-corrected chi connectivity index (χ2v) is 2.99. The van der Waals surface area contributed by atoms with Crippen molar-refractivity contribution in [2.24, 2.45) is 0 Å². The lowest BCUT2D eigenvalue weighted by atomic mass is 10.5. The number of esters is 2. The Hall–Kier alpha value is -2.43. The molecule has 0 spiro atoms. The molecule has 5 nitrogen and oxygen atoms in total. The third kappa shape index (κ3) is 13.6. The summed E-state index contributed by atoms with van der Waals surface area (Å²) in [4.78, 5) is 26.3. The van der Waals surface area contributed by atoms with Crippen LogP contribution >= 0.6 is 0 Å². The van der Waals surface area contributed by atoms with Crippen molar-refractivity contribution in [1.82, 2.24) is 9.97 Å². The number of pyridine rings is 1. The maximum Gasteiger partial charge on any atom is 0.310 e. The van der Waals surface area contributed by atoms with Gasteiger partial charge in [0.15, 0.2) is 0 Å². The van der Waals surface area contributed by atoms with Crippen molar-refractivity contribution in [3.8, 4) is 0 Å². The largest absolute Gasteiger partial charge is 0.394 e. The van der Waals surface area contributed by atoms with Crippen LogP contribution in [0.2, 0.25) is 0 Å². The Bertz CT molecular complexity index is 357. The minimum absolute atomic E-state index is 0.562. The van der Waals surface area contributed by atoms with E-state index in [2.05, 4.69) is 14.7 Å². The second kappa shape index (κ2) is 11.1. The van der Waals surface area contributed by atoms with E-state index in [1.165, 1.54) is 13.8 Å². The van der Waals surface area contributed by atoms with Gasteiger partial charge in [0.2, 0.25) is 0 Å². The summed E-state index contributed by atoms with van der Waals surface area (Å²) in [5, 5.41) is 0. The molecule has 0 aromatic carbocycles. The van der Waals surface area contributed by atoms with Crippen LogP contribution in [0.4, 0.5) is 0 Å². The van der Waals surface area contributed by atoms with Gasteiger partial charge in [-0.3, -0.25) is 14.6 Å². The van der Waals surface area contributed by atoms with Crippen molar-refractivity contribution in [1.29, 1.82) is 0 Å². The quantitative estimate of drug-likeness (QED) is 0.573. The Kier molecular flexibility index (Phi) is 9.57. The molecular weight excluding hydrogens is 232 g/mol. The van der Waals surface area contributed by atoms with Crippen molar-refractivity contribution in [3.05, 3.63) is 55.1 Å². The molecular formula is C13H16N2O3. The Morgan fingerprint density at radius 1 is 0.889 bits per heavy atom. The molecule has 18 heavy (non-hydrogen) atoms. The lowest BCUT2D eigenvalue weighted by Crippen LogP contribution is -2.03. The average molecular weight is 248 g/mol. The number of nitrogens with zero attached hydrogens (tertiary/aromatic N) is 1. The van der Waals surface area contributed by atoms with Crippen LogP contribution in [-0.2, 0) is 14.3 Å². The highest BCUT2D eigenvalue weighted by Crippen LogP contribution is 1.74. The van der Waals surface area contributed by atoms with Gasteiger partial charge in [-0.15, -0.1) is 0 Å². The number of aromatic nitrogens is 2. The summed E-state index contributed by atoms with van der Waals surface area (Å²) in [7, 11) is 0. The molecule has 0 saturated carbocycles. The molecule has 96 valence electrons. The molecule has 2 rings (SSSR count). The van der Waals surface area contributed by atoms with E-state index in [1.807, 2.05) is 42.7 Å². The number of H-pyrrole nitrogens is 1. The molecule has 1 N–H and O–H groups in total. The van der Waals surface area contributed by atoms with Crippen molar-refractivity contribution < 1.29 is 14.3 Å². The third-order valence-electron chi connectivity index (χ3n) is 1.35. The SMILES string of the molecule is CC(=O)OC(C)=O.c1cc[nH]c1.c1ccncc1. The molecule has 0 aliphatic carbocycles. The van der Waals surface area contributed by atoms with Crippen molar-refractivity contribution in [3.63, 3.8) is 0 Å². The maximum atomic E-state index is 9.81. The van der Waals surface area contributed by atoms with Crippen LogP contribution in [0.5, 0.6) is 0 Å². The Morgan fingerprint density at radius 2 is 1.39 bits per heavy atom. The predicted octanol–water partition coefficient (Wildman–Crippen LogP) is 2.19. The van der Waals surface area contributed by atoms with Crippen LogP contribution in [0.3, 0.4) is 0 Å². The van der Waals surface area contributed by atoms with Gasteiger partial charge >= 0.3 is 11.9 Å². The van der Waals surface area contributed by atoms with Crippen molar-refractivity contribution >= 4 is 11.9 Å². The zero-order chi connectivity index (χ0) is 13.6. The highest BCUT2D eigenvalue weighted by Gasteiger charge is 1.93. The average Bonchev–Trinajstić information content (AvgIpc) is 2.89. The predicted molar refractivity (Wildman–Crippen MR) is 67.5 cm³/mol. The van der Waals surface area contributed by atoms with Gasteiger partial charge in [-0.1, -0.05) is 6.07 Å². The summed E-state index contributed by atoms with van der Waals surface area (Å²) in [6.07, 6.45) is 7.25. The number of hydrogen-bond acceptors (Lipinski definition) is 4. The molecule has 0 aliphatic heterocycles. The van der Waals surface area contributed by atoms with Crippen LogP contribution in [0, 0.1) is 0 Å². The van der Waals surface area contributed by atoms with Crippen molar-refractivity contribution in [2.45, 2.75) is 13.8 Å².